The number of carbonyl (C=O) groups is 1. The van der Waals surface area contributed by atoms with Crippen molar-refractivity contribution in [3.8, 4) is 0 Å². The molecule has 4 nitrogen and oxygen atoms in total. The summed E-state index contributed by atoms with van der Waals surface area (Å²) in [4.78, 5) is 17.5. The molecule has 2 rings (SSSR count). The van der Waals surface area contributed by atoms with Crippen molar-refractivity contribution in [3.63, 3.8) is 0 Å². The second-order valence-corrected chi connectivity index (χ2v) is 7.38. The predicted molar refractivity (Wildman–Crippen MR) is 97.6 cm³/mol. The van der Waals surface area contributed by atoms with E-state index in [2.05, 4.69) is 25.2 Å². The molecule has 1 amide bonds. The number of rotatable bonds is 8. The number of hydrogen-bond donors (Lipinski definition) is 2. The highest BCUT2D eigenvalue weighted by atomic mass is 32.1. The zero-order valence-electron chi connectivity index (χ0n) is 14.3. The molecule has 0 spiro atoms. The minimum absolute atomic E-state index is 0.109. The van der Waals surface area contributed by atoms with Crippen molar-refractivity contribution in [2.24, 2.45) is 11.1 Å². The fourth-order valence-corrected chi connectivity index (χ4v) is 3.90. The summed E-state index contributed by atoms with van der Waals surface area (Å²) in [6.45, 7) is 6.77. The molecule has 0 radical (unpaired) electrons. The molecular weight excluding hydrogens is 306 g/mol. The number of nitrogens with zero attached hydrogens (tertiary/aromatic N) is 1. The summed E-state index contributed by atoms with van der Waals surface area (Å²) >= 11 is 1.69. The molecule has 0 bridgehead atoms. The van der Waals surface area contributed by atoms with Crippen LogP contribution in [0.2, 0.25) is 0 Å². The Bertz CT molecular complexity index is 614. The summed E-state index contributed by atoms with van der Waals surface area (Å²) in [6.07, 6.45) is 3.12. The van der Waals surface area contributed by atoms with Crippen molar-refractivity contribution in [1.29, 1.82) is 0 Å². The molecule has 5 heteroatoms. The normalized spacial score (nSPS) is 13.2. The third kappa shape index (κ3) is 4.30. The molecule has 1 aromatic carbocycles. The van der Waals surface area contributed by atoms with Gasteiger partial charge in [-0.05, 0) is 38.3 Å². The third-order valence-corrected chi connectivity index (χ3v) is 5.58. The molecule has 0 saturated carbocycles. The van der Waals surface area contributed by atoms with Crippen LogP contribution in [-0.2, 0) is 11.2 Å². The minimum atomic E-state index is -0.383. The van der Waals surface area contributed by atoms with Gasteiger partial charge in [0.2, 0.25) is 5.91 Å². The fraction of sp³-hybridized carbons (Fsp3) is 0.556. The lowest BCUT2D eigenvalue weighted by Crippen LogP contribution is -2.43. The Morgan fingerprint density at radius 2 is 2.04 bits per heavy atom. The number of amides is 1. The average molecular weight is 334 g/mol. The fourth-order valence-electron chi connectivity index (χ4n) is 2.79. The first kappa shape index (κ1) is 17.9. The van der Waals surface area contributed by atoms with Crippen molar-refractivity contribution < 1.29 is 4.79 Å². The van der Waals surface area contributed by atoms with Gasteiger partial charge in [-0.3, -0.25) is 4.79 Å². The van der Waals surface area contributed by atoms with E-state index < -0.39 is 0 Å². The van der Waals surface area contributed by atoms with Crippen LogP contribution in [0, 0.1) is 5.41 Å². The van der Waals surface area contributed by atoms with Crippen molar-refractivity contribution in [1.82, 2.24) is 10.3 Å². The highest BCUT2D eigenvalue weighted by Gasteiger charge is 2.35. The van der Waals surface area contributed by atoms with Crippen molar-refractivity contribution in [2.45, 2.75) is 52.5 Å². The zero-order chi connectivity index (χ0) is 16.9. The summed E-state index contributed by atoms with van der Waals surface area (Å²) in [6, 6.07) is 8.24. The second kappa shape index (κ2) is 7.88. The second-order valence-electron chi connectivity index (χ2n) is 6.26. The Hall–Kier alpha value is -1.46. The first-order valence-corrected chi connectivity index (χ1v) is 9.20. The number of aromatic nitrogens is 1. The molecule has 0 fully saturated rings. The molecule has 1 unspecified atom stereocenters. The van der Waals surface area contributed by atoms with E-state index in [-0.39, 0.29) is 17.4 Å². The van der Waals surface area contributed by atoms with E-state index in [1.165, 1.54) is 4.70 Å². The third-order valence-electron chi connectivity index (χ3n) is 4.55. The quantitative estimate of drug-likeness (QED) is 0.777. The summed E-state index contributed by atoms with van der Waals surface area (Å²) in [7, 11) is 0. The van der Waals surface area contributed by atoms with Gasteiger partial charge in [0.05, 0.1) is 20.6 Å². The van der Waals surface area contributed by atoms with Crippen LogP contribution in [0.4, 0.5) is 0 Å². The molecule has 0 aliphatic rings. The van der Waals surface area contributed by atoms with E-state index in [0.29, 0.717) is 13.0 Å². The lowest BCUT2D eigenvalue weighted by molar-refractivity contribution is -0.131. The molecule has 3 N–H and O–H groups in total. The number of carbonyl (C=O) groups excluding carboxylic acids is 1. The Morgan fingerprint density at radius 3 is 2.65 bits per heavy atom. The molecule has 126 valence electrons. The standard InChI is InChI=1S/C18H27N3OS/c1-4-18(5-2,17(22)20-11-10-13(3)19)12-16-21-14-8-6-7-9-15(14)23-16/h6-9,13H,4-5,10-12,19H2,1-3H3,(H,20,22). The molecule has 1 aromatic heterocycles. The van der Waals surface area contributed by atoms with Crippen LogP contribution in [0.25, 0.3) is 10.2 Å². The summed E-state index contributed by atoms with van der Waals surface area (Å²) in [5.41, 5.74) is 6.40. The van der Waals surface area contributed by atoms with Crippen molar-refractivity contribution >= 4 is 27.5 Å². The first-order chi connectivity index (χ1) is 11.0. The number of nitrogens with one attached hydrogen (secondary N) is 1. The molecule has 0 aliphatic heterocycles. The molecule has 1 atom stereocenters. The number of nitrogens with two attached hydrogens (primary N) is 1. The SMILES string of the molecule is CCC(CC)(Cc1nc2ccccc2s1)C(=O)NCCC(C)N. The van der Waals surface area contributed by atoms with Gasteiger partial charge in [0.25, 0.3) is 0 Å². The van der Waals surface area contributed by atoms with E-state index in [1.807, 2.05) is 25.1 Å². The van der Waals surface area contributed by atoms with Crippen LogP contribution in [0.1, 0.15) is 45.0 Å². The number of para-hydroxylation sites is 1. The van der Waals surface area contributed by atoms with Gasteiger partial charge >= 0.3 is 0 Å². The molecule has 23 heavy (non-hydrogen) atoms. The van der Waals surface area contributed by atoms with Crippen LogP contribution in [0.5, 0.6) is 0 Å². The molecule has 1 heterocycles. The first-order valence-electron chi connectivity index (χ1n) is 8.39. The largest absolute Gasteiger partial charge is 0.356 e. The number of benzene rings is 1. The summed E-state index contributed by atoms with van der Waals surface area (Å²) < 4.78 is 1.18. The van der Waals surface area contributed by atoms with Crippen LogP contribution in [0.3, 0.4) is 0 Å². The summed E-state index contributed by atoms with van der Waals surface area (Å²) in [5.74, 6) is 0.127. The van der Waals surface area contributed by atoms with Crippen LogP contribution < -0.4 is 11.1 Å². The van der Waals surface area contributed by atoms with Crippen LogP contribution in [0.15, 0.2) is 24.3 Å². The zero-order valence-corrected chi connectivity index (χ0v) is 15.1. The van der Waals surface area contributed by atoms with Crippen LogP contribution in [-0.4, -0.2) is 23.5 Å². The van der Waals surface area contributed by atoms with Gasteiger partial charge in [-0.2, -0.15) is 0 Å². The lowest BCUT2D eigenvalue weighted by Gasteiger charge is -2.29. The Labute approximate surface area is 142 Å². The van der Waals surface area contributed by atoms with Crippen molar-refractivity contribution in [3.05, 3.63) is 29.3 Å². The Morgan fingerprint density at radius 1 is 1.35 bits per heavy atom. The van der Waals surface area contributed by atoms with Crippen LogP contribution >= 0.6 is 11.3 Å². The topological polar surface area (TPSA) is 68.0 Å². The maximum absolute atomic E-state index is 12.8. The van der Waals surface area contributed by atoms with E-state index in [1.54, 1.807) is 11.3 Å². The highest BCUT2D eigenvalue weighted by molar-refractivity contribution is 7.18. The maximum Gasteiger partial charge on any atom is 0.226 e. The molecule has 0 saturated heterocycles. The van der Waals surface area contributed by atoms with Gasteiger partial charge in [0.15, 0.2) is 0 Å². The predicted octanol–water partition coefficient (Wildman–Crippen LogP) is 3.50. The van der Waals surface area contributed by atoms with E-state index in [0.717, 1.165) is 29.8 Å². The Balaban J connectivity index is 2.14. The molecular formula is C18H27N3OS. The monoisotopic (exact) mass is 333 g/mol. The van der Waals surface area contributed by atoms with Gasteiger partial charge in [-0.15, -0.1) is 11.3 Å². The molecule has 0 aliphatic carbocycles. The van der Waals surface area contributed by atoms with Gasteiger partial charge in [0.1, 0.15) is 0 Å². The lowest BCUT2D eigenvalue weighted by atomic mass is 9.78. The van der Waals surface area contributed by atoms with E-state index >= 15 is 0 Å². The van der Waals surface area contributed by atoms with E-state index in [9.17, 15) is 4.79 Å². The maximum atomic E-state index is 12.8. The highest BCUT2D eigenvalue weighted by Crippen LogP contribution is 2.34. The molecule has 2 aromatic rings. The number of fused-ring (bicyclic) bond motifs is 1. The smallest absolute Gasteiger partial charge is 0.226 e. The average Bonchev–Trinajstić information content (AvgIpc) is 2.94. The number of hydrogen-bond acceptors (Lipinski definition) is 4. The van der Waals surface area contributed by atoms with Gasteiger partial charge in [-0.1, -0.05) is 26.0 Å². The van der Waals surface area contributed by atoms with Gasteiger partial charge in [0, 0.05) is 19.0 Å². The Kier molecular flexibility index (Phi) is 6.13. The van der Waals surface area contributed by atoms with Gasteiger partial charge < -0.3 is 11.1 Å². The minimum Gasteiger partial charge on any atom is -0.356 e. The van der Waals surface area contributed by atoms with E-state index in [4.69, 9.17) is 10.7 Å². The summed E-state index contributed by atoms with van der Waals surface area (Å²) in [5, 5.41) is 4.11. The van der Waals surface area contributed by atoms with Crippen molar-refractivity contribution in [2.75, 3.05) is 6.54 Å². The van der Waals surface area contributed by atoms with Gasteiger partial charge in [-0.25, -0.2) is 4.98 Å². The number of thiazole rings is 1.